The summed E-state index contributed by atoms with van der Waals surface area (Å²) in [6, 6.07) is 6.49. The van der Waals surface area contributed by atoms with Gasteiger partial charge < -0.3 is 5.73 Å². The summed E-state index contributed by atoms with van der Waals surface area (Å²) in [4.78, 5) is 0. The molecular weight excluding hydrogens is 241 g/mol. The molecule has 0 saturated carbocycles. The van der Waals surface area contributed by atoms with E-state index in [9.17, 15) is 12.8 Å². The van der Waals surface area contributed by atoms with Crippen molar-refractivity contribution in [3.8, 4) is 0 Å². The molecule has 1 aromatic rings. The molecule has 0 aliphatic heterocycles. The van der Waals surface area contributed by atoms with E-state index in [4.69, 9.17) is 5.73 Å². The highest BCUT2D eigenvalue weighted by Crippen LogP contribution is 2.22. The number of nitrogens with two attached hydrogens (primary N) is 1. The van der Waals surface area contributed by atoms with Gasteiger partial charge in [0, 0.05) is 12.0 Å². The summed E-state index contributed by atoms with van der Waals surface area (Å²) < 4.78 is 35.5. The third kappa shape index (κ3) is 4.83. The molecule has 2 N–H and O–H groups in total. The fourth-order valence-electron chi connectivity index (χ4n) is 1.80. The topological polar surface area (TPSA) is 60.2 Å². The first-order valence-corrected chi connectivity index (χ1v) is 7.62. The zero-order chi connectivity index (χ0) is 12.9. The van der Waals surface area contributed by atoms with E-state index in [-0.39, 0.29) is 17.5 Å². The van der Waals surface area contributed by atoms with Crippen LogP contribution in [0.3, 0.4) is 0 Å². The summed E-state index contributed by atoms with van der Waals surface area (Å²) >= 11 is 0. The lowest BCUT2D eigenvalue weighted by atomic mass is 9.94. The minimum Gasteiger partial charge on any atom is -0.330 e. The molecule has 0 radical (unpaired) electrons. The smallest absolute Gasteiger partial charge is 0.147 e. The molecule has 1 atom stereocenters. The Bertz CT molecular complexity index is 459. The predicted octanol–water partition coefficient (Wildman–Crippen LogP) is 1.69. The van der Waals surface area contributed by atoms with Crippen molar-refractivity contribution in [3.63, 3.8) is 0 Å². The van der Waals surface area contributed by atoms with Crippen LogP contribution in [0.25, 0.3) is 0 Å². The summed E-state index contributed by atoms with van der Waals surface area (Å²) in [6.07, 6.45) is 2.30. The van der Waals surface area contributed by atoms with Gasteiger partial charge in [-0.2, -0.15) is 0 Å². The number of hydrogen-bond donors (Lipinski definition) is 1. The van der Waals surface area contributed by atoms with Crippen molar-refractivity contribution in [3.05, 3.63) is 35.6 Å². The van der Waals surface area contributed by atoms with Gasteiger partial charge in [-0.05, 0) is 36.9 Å². The zero-order valence-corrected chi connectivity index (χ0v) is 10.7. The Balaban J connectivity index is 2.64. The van der Waals surface area contributed by atoms with Crippen LogP contribution in [0.15, 0.2) is 24.3 Å². The van der Waals surface area contributed by atoms with E-state index in [1.807, 2.05) is 0 Å². The number of sulfone groups is 1. The Kier molecular flexibility index (Phi) is 5.08. The van der Waals surface area contributed by atoms with E-state index in [0.717, 1.165) is 0 Å². The Hall–Kier alpha value is -0.940. The fraction of sp³-hybridized carbons (Fsp3) is 0.500. The van der Waals surface area contributed by atoms with Crippen LogP contribution in [-0.2, 0) is 9.84 Å². The molecule has 0 aromatic heterocycles. The van der Waals surface area contributed by atoms with Crippen molar-refractivity contribution in [2.45, 2.75) is 18.8 Å². The molecule has 0 amide bonds. The average Bonchev–Trinajstić information content (AvgIpc) is 2.24. The van der Waals surface area contributed by atoms with Crippen LogP contribution in [0.1, 0.15) is 24.3 Å². The summed E-state index contributed by atoms with van der Waals surface area (Å²) in [5.74, 6) is -0.266. The molecule has 0 spiro atoms. The highest BCUT2D eigenvalue weighted by molar-refractivity contribution is 7.90. The SMILES string of the molecule is CS(=O)(=O)CCCC(CN)c1ccccc1F. The normalized spacial score (nSPS) is 13.6. The second kappa shape index (κ2) is 6.12. The van der Waals surface area contributed by atoms with Gasteiger partial charge in [-0.25, -0.2) is 12.8 Å². The molecule has 0 heterocycles. The van der Waals surface area contributed by atoms with Crippen molar-refractivity contribution < 1.29 is 12.8 Å². The van der Waals surface area contributed by atoms with Crippen LogP contribution < -0.4 is 5.73 Å². The van der Waals surface area contributed by atoms with Crippen LogP contribution in [0, 0.1) is 5.82 Å². The second-order valence-corrected chi connectivity index (χ2v) is 6.49. The van der Waals surface area contributed by atoms with Gasteiger partial charge in [0.15, 0.2) is 0 Å². The lowest BCUT2D eigenvalue weighted by Crippen LogP contribution is -2.15. The zero-order valence-electron chi connectivity index (χ0n) is 9.90. The molecule has 5 heteroatoms. The largest absolute Gasteiger partial charge is 0.330 e. The molecule has 1 aromatic carbocycles. The van der Waals surface area contributed by atoms with Crippen molar-refractivity contribution in [2.75, 3.05) is 18.6 Å². The minimum atomic E-state index is -2.95. The maximum absolute atomic E-state index is 13.5. The first-order chi connectivity index (χ1) is 7.94. The molecule has 17 heavy (non-hydrogen) atoms. The summed E-state index contributed by atoms with van der Waals surface area (Å²) in [5, 5.41) is 0. The summed E-state index contributed by atoms with van der Waals surface area (Å²) in [6.45, 7) is 0.324. The molecule has 1 unspecified atom stereocenters. The molecule has 0 saturated heterocycles. The fourth-order valence-corrected chi connectivity index (χ4v) is 2.49. The predicted molar refractivity (Wildman–Crippen MR) is 67.1 cm³/mol. The van der Waals surface area contributed by atoms with Crippen molar-refractivity contribution in [2.24, 2.45) is 5.73 Å². The van der Waals surface area contributed by atoms with E-state index in [0.29, 0.717) is 24.9 Å². The molecule has 0 bridgehead atoms. The summed E-state index contributed by atoms with van der Waals surface area (Å²) in [5.41, 5.74) is 6.18. The van der Waals surface area contributed by atoms with E-state index in [1.165, 1.54) is 12.3 Å². The maximum Gasteiger partial charge on any atom is 0.147 e. The van der Waals surface area contributed by atoms with Gasteiger partial charge in [0.1, 0.15) is 15.7 Å². The van der Waals surface area contributed by atoms with Crippen LogP contribution in [0.5, 0.6) is 0 Å². The van der Waals surface area contributed by atoms with Crippen LogP contribution in [0.2, 0.25) is 0 Å². The van der Waals surface area contributed by atoms with Gasteiger partial charge in [0.25, 0.3) is 0 Å². The van der Waals surface area contributed by atoms with E-state index in [1.54, 1.807) is 18.2 Å². The van der Waals surface area contributed by atoms with Crippen LogP contribution in [-0.4, -0.2) is 27.0 Å². The number of halogens is 1. The van der Waals surface area contributed by atoms with Crippen molar-refractivity contribution >= 4 is 9.84 Å². The van der Waals surface area contributed by atoms with E-state index < -0.39 is 9.84 Å². The quantitative estimate of drug-likeness (QED) is 0.845. The van der Waals surface area contributed by atoms with Crippen molar-refractivity contribution in [1.29, 1.82) is 0 Å². The maximum atomic E-state index is 13.5. The third-order valence-electron chi connectivity index (χ3n) is 2.70. The Morgan fingerprint density at radius 3 is 2.53 bits per heavy atom. The van der Waals surface area contributed by atoms with Gasteiger partial charge in [-0.15, -0.1) is 0 Å². The average molecular weight is 259 g/mol. The highest BCUT2D eigenvalue weighted by atomic mass is 32.2. The molecule has 0 aliphatic carbocycles. The third-order valence-corrected chi connectivity index (χ3v) is 3.73. The Morgan fingerprint density at radius 2 is 2.00 bits per heavy atom. The van der Waals surface area contributed by atoms with Gasteiger partial charge in [-0.1, -0.05) is 18.2 Å². The Morgan fingerprint density at radius 1 is 1.35 bits per heavy atom. The molecule has 96 valence electrons. The van der Waals surface area contributed by atoms with Gasteiger partial charge in [0.2, 0.25) is 0 Å². The standard InChI is InChI=1S/C12H18FNO2S/c1-17(15,16)8-4-5-10(9-14)11-6-2-3-7-12(11)13/h2-3,6-7,10H,4-5,8-9,14H2,1H3. The van der Waals surface area contributed by atoms with Crippen LogP contribution >= 0.6 is 0 Å². The highest BCUT2D eigenvalue weighted by Gasteiger charge is 2.14. The lowest BCUT2D eigenvalue weighted by Gasteiger charge is -2.15. The lowest BCUT2D eigenvalue weighted by molar-refractivity contribution is 0.550. The monoisotopic (exact) mass is 259 g/mol. The van der Waals surface area contributed by atoms with Crippen molar-refractivity contribution in [1.82, 2.24) is 0 Å². The molecular formula is C12H18FNO2S. The van der Waals surface area contributed by atoms with Crippen LogP contribution in [0.4, 0.5) is 4.39 Å². The Labute approximate surface area is 102 Å². The second-order valence-electron chi connectivity index (χ2n) is 4.23. The van der Waals surface area contributed by atoms with E-state index >= 15 is 0 Å². The van der Waals surface area contributed by atoms with Gasteiger partial charge >= 0.3 is 0 Å². The molecule has 1 rings (SSSR count). The summed E-state index contributed by atoms with van der Waals surface area (Å²) in [7, 11) is -2.95. The number of hydrogen-bond acceptors (Lipinski definition) is 3. The van der Waals surface area contributed by atoms with Gasteiger partial charge in [0.05, 0.1) is 0 Å². The van der Waals surface area contributed by atoms with E-state index in [2.05, 4.69) is 0 Å². The molecule has 0 fully saturated rings. The van der Waals surface area contributed by atoms with Gasteiger partial charge in [-0.3, -0.25) is 0 Å². The number of benzene rings is 1. The molecule has 0 aliphatic rings. The first kappa shape index (κ1) is 14.1. The minimum absolute atomic E-state index is 0.113. The molecule has 3 nitrogen and oxygen atoms in total. The number of rotatable bonds is 6. The first-order valence-electron chi connectivity index (χ1n) is 5.56.